The van der Waals surface area contributed by atoms with Crippen LogP contribution in [0.5, 0.6) is 0 Å². The van der Waals surface area contributed by atoms with Crippen molar-refractivity contribution in [1.29, 1.82) is 0 Å². The number of para-hydroxylation sites is 1. The normalized spacial score (nSPS) is 20.1. The molecule has 1 aliphatic carbocycles. The number of carbonyl (C=O) groups is 1. The van der Waals surface area contributed by atoms with Crippen molar-refractivity contribution in [2.24, 2.45) is 5.73 Å². The molecule has 3 N–H and O–H groups in total. The lowest BCUT2D eigenvalue weighted by Gasteiger charge is -2.29. The molecule has 3 rings (SSSR count). The van der Waals surface area contributed by atoms with Gasteiger partial charge in [-0.3, -0.25) is 4.79 Å². The molecule has 0 fully saturated rings. The number of hydrogen-bond donors (Lipinski definition) is 2. The third-order valence-corrected chi connectivity index (χ3v) is 3.97. The molecule has 2 aromatic carbocycles. The first kappa shape index (κ1) is 13.5. The fourth-order valence-corrected chi connectivity index (χ4v) is 2.90. The van der Waals surface area contributed by atoms with Crippen molar-refractivity contribution in [2.75, 3.05) is 5.32 Å². The van der Waals surface area contributed by atoms with E-state index in [2.05, 4.69) is 5.32 Å². The molecule has 0 bridgehead atoms. The number of rotatable bonds is 3. The van der Waals surface area contributed by atoms with Crippen LogP contribution in [0, 0.1) is 11.6 Å². The van der Waals surface area contributed by atoms with E-state index < -0.39 is 17.3 Å². The predicted molar refractivity (Wildman–Crippen MR) is 75.6 cm³/mol. The van der Waals surface area contributed by atoms with Gasteiger partial charge in [0.1, 0.15) is 17.2 Å². The van der Waals surface area contributed by atoms with E-state index in [1.54, 1.807) is 18.2 Å². The molecule has 2 aromatic rings. The molecule has 1 amide bonds. The quantitative estimate of drug-likeness (QED) is 0.912. The first-order valence-corrected chi connectivity index (χ1v) is 6.65. The Hall–Kier alpha value is -2.43. The lowest BCUT2D eigenvalue weighted by Crippen LogP contribution is -2.46. The van der Waals surface area contributed by atoms with Crippen LogP contribution in [0.1, 0.15) is 17.5 Å². The van der Waals surface area contributed by atoms with Gasteiger partial charge in [-0.1, -0.05) is 24.3 Å². The van der Waals surface area contributed by atoms with Gasteiger partial charge in [0.25, 0.3) is 0 Å². The second-order valence-corrected chi connectivity index (χ2v) is 5.14. The Morgan fingerprint density at radius 1 is 1.10 bits per heavy atom. The van der Waals surface area contributed by atoms with Crippen LogP contribution in [0.2, 0.25) is 0 Å². The molecule has 3 nitrogen and oxygen atoms in total. The number of carbonyl (C=O) groups excluding carboxylic acids is 1. The fourth-order valence-electron chi connectivity index (χ4n) is 2.90. The van der Waals surface area contributed by atoms with Gasteiger partial charge in [0, 0.05) is 0 Å². The number of nitrogens with one attached hydrogen (secondary N) is 1. The van der Waals surface area contributed by atoms with E-state index in [1.165, 1.54) is 24.3 Å². The Kier molecular flexibility index (Phi) is 3.12. The third kappa shape index (κ3) is 2.05. The monoisotopic (exact) mass is 288 g/mol. The zero-order valence-corrected chi connectivity index (χ0v) is 11.2. The van der Waals surface area contributed by atoms with Crippen molar-refractivity contribution in [2.45, 2.75) is 18.4 Å². The number of nitrogens with two attached hydrogens (primary N) is 1. The van der Waals surface area contributed by atoms with Gasteiger partial charge in [-0.05, 0) is 42.2 Å². The molecule has 0 heterocycles. The molecule has 1 atom stereocenters. The van der Waals surface area contributed by atoms with Crippen LogP contribution in [0.25, 0.3) is 0 Å². The van der Waals surface area contributed by atoms with Crippen LogP contribution >= 0.6 is 0 Å². The smallest absolute Gasteiger partial charge is 0.247 e. The Morgan fingerprint density at radius 2 is 1.81 bits per heavy atom. The van der Waals surface area contributed by atoms with E-state index in [0.717, 1.165) is 0 Å². The Bertz CT molecular complexity index is 717. The van der Waals surface area contributed by atoms with Gasteiger partial charge in [-0.15, -0.1) is 0 Å². The largest absolute Gasteiger partial charge is 0.367 e. The highest BCUT2D eigenvalue weighted by atomic mass is 19.1. The van der Waals surface area contributed by atoms with Crippen LogP contribution in [-0.2, 0) is 16.8 Å². The summed E-state index contributed by atoms with van der Waals surface area (Å²) in [5.41, 5.74) is 5.39. The number of halogens is 2. The van der Waals surface area contributed by atoms with Crippen LogP contribution < -0.4 is 11.1 Å². The summed E-state index contributed by atoms with van der Waals surface area (Å²) in [6.07, 6.45) is 0.680. The maximum Gasteiger partial charge on any atom is 0.247 e. The molecule has 0 aliphatic heterocycles. The summed E-state index contributed by atoms with van der Waals surface area (Å²) in [5.74, 6) is -1.50. The molecule has 0 radical (unpaired) electrons. The number of fused-ring (bicyclic) bond motifs is 1. The lowest BCUT2D eigenvalue weighted by molar-refractivity contribution is -0.122. The first-order chi connectivity index (χ1) is 10.0. The second-order valence-electron chi connectivity index (χ2n) is 5.14. The molecule has 21 heavy (non-hydrogen) atoms. The first-order valence-electron chi connectivity index (χ1n) is 6.65. The summed E-state index contributed by atoms with van der Waals surface area (Å²) in [5, 5.41) is 2.89. The van der Waals surface area contributed by atoms with Crippen LogP contribution in [0.3, 0.4) is 0 Å². The number of amides is 1. The minimum Gasteiger partial charge on any atom is -0.367 e. The van der Waals surface area contributed by atoms with E-state index in [-0.39, 0.29) is 11.5 Å². The maximum atomic E-state index is 13.9. The van der Waals surface area contributed by atoms with Crippen molar-refractivity contribution >= 4 is 11.6 Å². The highest BCUT2D eigenvalue weighted by Crippen LogP contribution is 2.40. The summed E-state index contributed by atoms with van der Waals surface area (Å²) in [6, 6.07) is 10.6. The van der Waals surface area contributed by atoms with Crippen LogP contribution in [0.4, 0.5) is 14.5 Å². The standard InChI is InChI=1S/C16H14F2N2O/c17-12-6-3-4-11-10(12)8-9-16(11,15(19)21)20-14-7-2-1-5-13(14)18/h1-7,20H,8-9H2,(H2,19,21). The Balaban J connectivity index is 2.11. The summed E-state index contributed by atoms with van der Waals surface area (Å²) < 4.78 is 27.7. The van der Waals surface area contributed by atoms with Crippen molar-refractivity contribution < 1.29 is 13.6 Å². The van der Waals surface area contributed by atoms with E-state index in [1.807, 2.05) is 0 Å². The maximum absolute atomic E-state index is 13.9. The van der Waals surface area contributed by atoms with Crippen molar-refractivity contribution in [3.05, 3.63) is 65.2 Å². The summed E-state index contributed by atoms with van der Waals surface area (Å²) in [6.45, 7) is 0. The summed E-state index contributed by atoms with van der Waals surface area (Å²) in [4.78, 5) is 12.0. The van der Waals surface area contributed by atoms with Gasteiger partial charge in [0.2, 0.25) is 5.91 Å². The third-order valence-electron chi connectivity index (χ3n) is 3.97. The molecule has 0 aromatic heterocycles. The zero-order valence-electron chi connectivity index (χ0n) is 11.2. The van der Waals surface area contributed by atoms with Crippen molar-refractivity contribution in [3.8, 4) is 0 Å². The van der Waals surface area contributed by atoms with E-state index in [0.29, 0.717) is 24.0 Å². The molecule has 5 heteroatoms. The molecule has 1 aliphatic rings. The molecule has 1 unspecified atom stereocenters. The Labute approximate surface area is 120 Å². The lowest BCUT2D eigenvalue weighted by atomic mass is 9.90. The average Bonchev–Trinajstić information content (AvgIpc) is 2.83. The highest BCUT2D eigenvalue weighted by molar-refractivity contribution is 5.91. The molecule has 108 valence electrons. The summed E-state index contributed by atoms with van der Waals surface area (Å²) >= 11 is 0. The Morgan fingerprint density at radius 3 is 2.52 bits per heavy atom. The van der Waals surface area contributed by atoms with Gasteiger partial charge in [0.05, 0.1) is 5.69 Å². The topological polar surface area (TPSA) is 55.1 Å². The minimum absolute atomic E-state index is 0.174. The molecule has 0 saturated carbocycles. The predicted octanol–water partition coefficient (Wildman–Crippen LogP) is 2.70. The van der Waals surface area contributed by atoms with Crippen molar-refractivity contribution in [3.63, 3.8) is 0 Å². The summed E-state index contributed by atoms with van der Waals surface area (Å²) in [7, 11) is 0. The number of hydrogen-bond acceptors (Lipinski definition) is 2. The zero-order chi connectivity index (χ0) is 15.0. The van der Waals surface area contributed by atoms with Crippen LogP contribution in [0.15, 0.2) is 42.5 Å². The number of benzene rings is 2. The van der Waals surface area contributed by atoms with Crippen LogP contribution in [-0.4, -0.2) is 5.91 Å². The fraction of sp³-hybridized carbons (Fsp3) is 0.188. The van der Waals surface area contributed by atoms with Gasteiger partial charge in [-0.2, -0.15) is 0 Å². The minimum atomic E-state index is -1.28. The van der Waals surface area contributed by atoms with Gasteiger partial charge >= 0.3 is 0 Å². The van der Waals surface area contributed by atoms with E-state index in [9.17, 15) is 13.6 Å². The number of anilines is 1. The highest BCUT2D eigenvalue weighted by Gasteiger charge is 2.45. The SMILES string of the molecule is NC(=O)C1(Nc2ccccc2F)CCc2c(F)cccc21. The number of primary amides is 1. The molecule has 0 saturated heterocycles. The molecule has 0 spiro atoms. The molecular formula is C16H14F2N2O. The van der Waals surface area contributed by atoms with Gasteiger partial charge in [-0.25, -0.2) is 8.78 Å². The molecular weight excluding hydrogens is 274 g/mol. The van der Waals surface area contributed by atoms with Gasteiger partial charge in [0.15, 0.2) is 0 Å². The van der Waals surface area contributed by atoms with E-state index >= 15 is 0 Å². The second kappa shape index (κ2) is 4.84. The average molecular weight is 288 g/mol. The van der Waals surface area contributed by atoms with E-state index in [4.69, 9.17) is 5.73 Å². The van der Waals surface area contributed by atoms with Crippen molar-refractivity contribution in [1.82, 2.24) is 0 Å². The van der Waals surface area contributed by atoms with Gasteiger partial charge < -0.3 is 11.1 Å².